The van der Waals surface area contributed by atoms with Crippen LogP contribution in [0.4, 0.5) is 4.39 Å². The SMILES string of the molecule is Cc1ccc(C)c(Oc2cc(F)cc(CN)c2)c1. The molecule has 2 aromatic carbocycles. The first-order chi connectivity index (χ1) is 8.58. The van der Waals surface area contributed by atoms with Gasteiger partial charge in [-0.2, -0.15) is 0 Å². The minimum Gasteiger partial charge on any atom is -0.457 e. The van der Waals surface area contributed by atoms with Crippen LogP contribution in [0.25, 0.3) is 0 Å². The molecule has 3 heteroatoms. The Morgan fingerprint density at radius 2 is 1.89 bits per heavy atom. The Morgan fingerprint density at radius 3 is 2.61 bits per heavy atom. The van der Waals surface area contributed by atoms with E-state index in [0.717, 1.165) is 22.4 Å². The molecular weight excluding hydrogens is 229 g/mol. The fourth-order valence-corrected chi connectivity index (χ4v) is 1.74. The molecule has 0 atom stereocenters. The summed E-state index contributed by atoms with van der Waals surface area (Å²) in [6.07, 6.45) is 0. The van der Waals surface area contributed by atoms with Crippen molar-refractivity contribution in [2.45, 2.75) is 20.4 Å². The van der Waals surface area contributed by atoms with Gasteiger partial charge in [0.15, 0.2) is 0 Å². The van der Waals surface area contributed by atoms with E-state index in [0.29, 0.717) is 12.3 Å². The summed E-state index contributed by atoms with van der Waals surface area (Å²) in [5, 5.41) is 0. The van der Waals surface area contributed by atoms with Crippen molar-refractivity contribution in [2.24, 2.45) is 5.73 Å². The molecule has 0 radical (unpaired) electrons. The Hall–Kier alpha value is -1.87. The van der Waals surface area contributed by atoms with Crippen molar-refractivity contribution in [1.82, 2.24) is 0 Å². The average Bonchev–Trinajstić information content (AvgIpc) is 2.33. The van der Waals surface area contributed by atoms with Crippen LogP contribution in [0, 0.1) is 19.7 Å². The zero-order valence-electron chi connectivity index (χ0n) is 10.5. The Labute approximate surface area is 106 Å². The van der Waals surface area contributed by atoms with Crippen LogP contribution in [0.5, 0.6) is 11.5 Å². The molecule has 18 heavy (non-hydrogen) atoms. The molecule has 0 heterocycles. The van der Waals surface area contributed by atoms with Crippen molar-refractivity contribution in [3.05, 3.63) is 58.9 Å². The summed E-state index contributed by atoms with van der Waals surface area (Å²) in [4.78, 5) is 0. The number of benzene rings is 2. The smallest absolute Gasteiger partial charge is 0.130 e. The first kappa shape index (κ1) is 12.6. The summed E-state index contributed by atoms with van der Waals surface area (Å²) in [5.41, 5.74) is 8.35. The van der Waals surface area contributed by atoms with Crippen molar-refractivity contribution in [1.29, 1.82) is 0 Å². The van der Waals surface area contributed by atoms with E-state index in [9.17, 15) is 4.39 Å². The summed E-state index contributed by atoms with van der Waals surface area (Å²) in [6.45, 7) is 4.24. The number of rotatable bonds is 3. The van der Waals surface area contributed by atoms with Gasteiger partial charge in [0.1, 0.15) is 17.3 Å². The summed E-state index contributed by atoms with van der Waals surface area (Å²) >= 11 is 0. The van der Waals surface area contributed by atoms with Gasteiger partial charge in [-0.3, -0.25) is 0 Å². The molecule has 2 nitrogen and oxygen atoms in total. The molecule has 0 unspecified atom stereocenters. The number of hydrogen-bond acceptors (Lipinski definition) is 2. The molecule has 0 saturated carbocycles. The van der Waals surface area contributed by atoms with Crippen LogP contribution in [0.1, 0.15) is 16.7 Å². The molecule has 0 fully saturated rings. The van der Waals surface area contributed by atoms with Crippen molar-refractivity contribution in [3.63, 3.8) is 0 Å². The van der Waals surface area contributed by atoms with E-state index in [1.165, 1.54) is 12.1 Å². The number of ether oxygens (including phenoxy) is 1. The fourth-order valence-electron chi connectivity index (χ4n) is 1.74. The Morgan fingerprint density at radius 1 is 1.11 bits per heavy atom. The van der Waals surface area contributed by atoms with Crippen molar-refractivity contribution in [2.75, 3.05) is 0 Å². The minimum absolute atomic E-state index is 0.293. The second-order valence-corrected chi connectivity index (χ2v) is 4.37. The van der Waals surface area contributed by atoms with Crippen LogP contribution in [-0.4, -0.2) is 0 Å². The van der Waals surface area contributed by atoms with Gasteiger partial charge >= 0.3 is 0 Å². The summed E-state index contributed by atoms with van der Waals surface area (Å²) < 4.78 is 19.1. The van der Waals surface area contributed by atoms with Crippen molar-refractivity contribution < 1.29 is 9.13 Å². The largest absolute Gasteiger partial charge is 0.457 e. The zero-order chi connectivity index (χ0) is 13.1. The minimum atomic E-state index is -0.335. The van der Waals surface area contributed by atoms with Gasteiger partial charge in [-0.25, -0.2) is 4.39 Å². The lowest BCUT2D eigenvalue weighted by Crippen LogP contribution is -1.98. The van der Waals surface area contributed by atoms with Crippen LogP contribution in [0.2, 0.25) is 0 Å². The maximum atomic E-state index is 13.4. The highest BCUT2D eigenvalue weighted by atomic mass is 19.1. The molecule has 0 aliphatic carbocycles. The molecule has 0 aromatic heterocycles. The average molecular weight is 245 g/mol. The maximum absolute atomic E-state index is 13.4. The molecule has 0 aliphatic rings. The van der Waals surface area contributed by atoms with E-state index in [-0.39, 0.29) is 5.82 Å². The molecule has 2 N–H and O–H groups in total. The summed E-state index contributed by atoms with van der Waals surface area (Å²) in [7, 11) is 0. The third-order valence-electron chi connectivity index (χ3n) is 2.74. The van der Waals surface area contributed by atoms with Crippen LogP contribution >= 0.6 is 0 Å². The van der Waals surface area contributed by atoms with Gasteiger partial charge in [0.25, 0.3) is 0 Å². The van der Waals surface area contributed by atoms with Gasteiger partial charge in [-0.05, 0) is 48.7 Å². The van der Waals surface area contributed by atoms with Gasteiger partial charge in [0.05, 0.1) is 0 Å². The van der Waals surface area contributed by atoms with Crippen LogP contribution in [0.15, 0.2) is 36.4 Å². The van der Waals surface area contributed by atoms with E-state index in [1.807, 2.05) is 32.0 Å². The predicted octanol–water partition coefficient (Wildman–Crippen LogP) is 3.69. The summed E-state index contributed by atoms with van der Waals surface area (Å²) in [5.74, 6) is 0.881. The zero-order valence-corrected chi connectivity index (χ0v) is 10.5. The standard InChI is InChI=1S/C15H16FNO/c1-10-3-4-11(2)15(5-10)18-14-7-12(9-17)6-13(16)8-14/h3-8H,9,17H2,1-2H3. The molecular formula is C15H16FNO. The molecule has 0 amide bonds. The predicted molar refractivity (Wildman–Crippen MR) is 70.3 cm³/mol. The van der Waals surface area contributed by atoms with Gasteiger partial charge in [0, 0.05) is 12.6 Å². The number of aryl methyl sites for hydroxylation is 2. The number of halogens is 1. The number of nitrogens with two attached hydrogens (primary N) is 1. The monoisotopic (exact) mass is 245 g/mol. The third-order valence-corrected chi connectivity index (χ3v) is 2.74. The Kier molecular flexibility index (Phi) is 3.63. The van der Waals surface area contributed by atoms with Crippen LogP contribution in [-0.2, 0) is 6.54 Å². The van der Waals surface area contributed by atoms with Crippen LogP contribution < -0.4 is 10.5 Å². The first-order valence-corrected chi connectivity index (χ1v) is 5.83. The fraction of sp³-hybridized carbons (Fsp3) is 0.200. The Bertz CT molecular complexity index is 566. The normalized spacial score (nSPS) is 10.4. The molecule has 94 valence electrons. The van der Waals surface area contributed by atoms with Gasteiger partial charge in [-0.15, -0.1) is 0 Å². The lowest BCUT2D eigenvalue weighted by atomic mass is 10.1. The molecule has 0 spiro atoms. The van der Waals surface area contributed by atoms with E-state index in [1.54, 1.807) is 6.07 Å². The van der Waals surface area contributed by atoms with Crippen molar-refractivity contribution in [3.8, 4) is 11.5 Å². The molecule has 2 aromatic rings. The highest BCUT2D eigenvalue weighted by molar-refractivity contribution is 5.40. The van der Waals surface area contributed by atoms with E-state index in [4.69, 9.17) is 10.5 Å². The molecule has 0 bridgehead atoms. The third kappa shape index (κ3) is 2.87. The lowest BCUT2D eigenvalue weighted by Gasteiger charge is -2.10. The number of hydrogen-bond donors (Lipinski definition) is 1. The quantitative estimate of drug-likeness (QED) is 0.895. The van der Waals surface area contributed by atoms with Gasteiger partial charge in [-0.1, -0.05) is 12.1 Å². The highest BCUT2D eigenvalue weighted by Gasteiger charge is 2.05. The molecule has 0 aliphatic heterocycles. The van der Waals surface area contributed by atoms with Gasteiger partial charge < -0.3 is 10.5 Å². The van der Waals surface area contributed by atoms with E-state index >= 15 is 0 Å². The second kappa shape index (κ2) is 5.19. The summed E-state index contributed by atoms with van der Waals surface area (Å²) in [6, 6.07) is 10.5. The topological polar surface area (TPSA) is 35.2 Å². The Balaban J connectivity index is 2.33. The van der Waals surface area contributed by atoms with Crippen LogP contribution in [0.3, 0.4) is 0 Å². The van der Waals surface area contributed by atoms with E-state index < -0.39 is 0 Å². The molecule has 2 rings (SSSR count). The maximum Gasteiger partial charge on any atom is 0.130 e. The molecule has 0 saturated heterocycles. The highest BCUT2D eigenvalue weighted by Crippen LogP contribution is 2.27. The van der Waals surface area contributed by atoms with E-state index in [2.05, 4.69) is 0 Å². The lowest BCUT2D eigenvalue weighted by molar-refractivity contribution is 0.472. The first-order valence-electron chi connectivity index (χ1n) is 5.83. The van der Waals surface area contributed by atoms with Crippen molar-refractivity contribution >= 4 is 0 Å². The van der Waals surface area contributed by atoms with Gasteiger partial charge in [0.2, 0.25) is 0 Å². The second-order valence-electron chi connectivity index (χ2n) is 4.37.